The molecule has 0 aliphatic heterocycles. The third-order valence-electron chi connectivity index (χ3n) is 8.38. The summed E-state index contributed by atoms with van der Waals surface area (Å²) >= 11 is 6.68. The molecule has 0 heterocycles. The van der Waals surface area contributed by atoms with E-state index in [1.165, 1.54) is 64.6 Å². The van der Waals surface area contributed by atoms with Crippen LogP contribution in [0.3, 0.4) is 0 Å². The molecule has 0 N–H and O–H groups in total. The van der Waals surface area contributed by atoms with Crippen molar-refractivity contribution >= 4 is 17.7 Å². The Kier molecular flexibility index (Phi) is 6.54. The topological polar surface area (TPSA) is 0 Å². The van der Waals surface area contributed by atoms with Crippen LogP contribution >= 0.6 is 11.6 Å². The molecule has 0 bridgehead atoms. The van der Waals surface area contributed by atoms with E-state index in [4.69, 9.17) is 11.6 Å². The summed E-state index contributed by atoms with van der Waals surface area (Å²) in [4.78, 5) is 0. The number of benzene rings is 1. The first-order chi connectivity index (χ1) is 13.7. The fourth-order valence-corrected chi connectivity index (χ4v) is 6.32. The van der Waals surface area contributed by atoms with Gasteiger partial charge >= 0.3 is 0 Å². The van der Waals surface area contributed by atoms with Crippen LogP contribution in [0.2, 0.25) is 5.02 Å². The molecule has 2 aliphatic carbocycles. The van der Waals surface area contributed by atoms with Crippen LogP contribution in [-0.4, -0.2) is 0 Å². The largest absolute Gasteiger partial charge is 0.0998 e. The average Bonchev–Trinajstić information content (AvgIpc) is 3.41. The van der Waals surface area contributed by atoms with Crippen molar-refractivity contribution in [3.05, 3.63) is 63.2 Å². The van der Waals surface area contributed by atoms with Crippen LogP contribution in [0, 0.1) is 37.0 Å². The monoisotopic (exact) mass is 410 g/mol. The first-order valence-electron chi connectivity index (χ1n) is 11.4. The maximum atomic E-state index is 6.68. The van der Waals surface area contributed by atoms with Gasteiger partial charge in [-0.05, 0) is 110 Å². The summed E-state index contributed by atoms with van der Waals surface area (Å²) in [5, 5.41) is 0.905. The van der Waals surface area contributed by atoms with E-state index in [9.17, 15) is 0 Å². The summed E-state index contributed by atoms with van der Waals surface area (Å²) in [5.41, 5.74) is 10.0. The maximum absolute atomic E-state index is 6.68. The Hall–Kier alpha value is -1.27. The molecule has 0 nitrogen and oxygen atoms in total. The molecule has 1 aromatic carbocycles. The molecular formula is C28H39Cl. The zero-order valence-corrected chi connectivity index (χ0v) is 20.2. The summed E-state index contributed by atoms with van der Waals surface area (Å²) in [5.74, 6) is 2.31. The maximum Gasteiger partial charge on any atom is 0.0473 e. The van der Waals surface area contributed by atoms with E-state index in [1.807, 2.05) is 6.08 Å². The number of hydrogen-bond donors (Lipinski definition) is 0. The van der Waals surface area contributed by atoms with Gasteiger partial charge < -0.3 is 0 Å². The molecule has 2 fully saturated rings. The Morgan fingerprint density at radius 1 is 1.28 bits per heavy atom. The van der Waals surface area contributed by atoms with Crippen LogP contribution < -0.4 is 0 Å². The first-order valence-corrected chi connectivity index (χ1v) is 11.8. The van der Waals surface area contributed by atoms with Crippen LogP contribution in [-0.2, 0) is 12.8 Å². The van der Waals surface area contributed by atoms with Crippen LogP contribution in [0.1, 0.15) is 81.2 Å². The average molecular weight is 411 g/mol. The second-order valence-electron chi connectivity index (χ2n) is 9.84. The molecule has 2 saturated carbocycles. The number of halogens is 1. The van der Waals surface area contributed by atoms with Gasteiger partial charge in [-0.3, -0.25) is 0 Å². The van der Waals surface area contributed by atoms with Gasteiger partial charge in [0.1, 0.15) is 0 Å². The van der Waals surface area contributed by atoms with E-state index in [-0.39, 0.29) is 0 Å². The molecule has 0 aromatic heterocycles. The zero-order valence-electron chi connectivity index (χ0n) is 19.4. The van der Waals surface area contributed by atoms with Gasteiger partial charge in [0.15, 0.2) is 0 Å². The smallest absolute Gasteiger partial charge is 0.0473 e. The Balaban J connectivity index is 1.83. The normalized spacial score (nSPS) is 28.0. The van der Waals surface area contributed by atoms with Crippen LogP contribution in [0.25, 0.3) is 6.08 Å². The Labute approximate surface area is 184 Å². The minimum atomic E-state index is 0.539. The highest BCUT2D eigenvalue weighted by Gasteiger charge is 2.59. The van der Waals surface area contributed by atoms with Crippen molar-refractivity contribution in [3.8, 4) is 0 Å². The van der Waals surface area contributed by atoms with E-state index in [1.54, 1.807) is 0 Å². The molecule has 4 atom stereocenters. The highest BCUT2D eigenvalue weighted by molar-refractivity contribution is 6.32. The molecule has 1 spiro atoms. The van der Waals surface area contributed by atoms with E-state index in [0.717, 1.165) is 29.7 Å². The van der Waals surface area contributed by atoms with Crippen molar-refractivity contribution in [1.82, 2.24) is 0 Å². The predicted molar refractivity (Wildman–Crippen MR) is 130 cm³/mol. The molecule has 29 heavy (non-hydrogen) atoms. The van der Waals surface area contributed by atoms with Crippen LogP contribution in [0.15, 0.2) is 30.4 Å². The van der Waals surface area contributed by atoms with Gasteiger partial charge in [-0.25, -0.2) is 0 Å². The van der Waals surface area contributed by atoms with Gasteiger partial charge in [0.25, 0.3) is 0 Å². The summed E-state index contributed by atoms with van der Waals surface area (Å²) in [6.45, 7) is 22.2. The van der Waals surface area contributed by atoms with Crippen molar-refractivity contribution in [1.29, 1.82) is 0 Å². The number of allylic oxidation sites excluding steroid dienone is 3. The van der Waals surface area contributed by atoms with Crippen molar-refractivity contribution in [2.75, 3.05) is 0 Å². The molecule has 2 aliphatic rings. The Morgan fingerprint density at radius 2 is 1.97 bits per heavy atom. The third-order valence-corrected chi connectivity index (χ3v) is 8.95. The van der Waals surface area contributed by atoms with Crippen molar-refractivity contribution < 1.29 is 0 Å². The molecule has 2 unspecified atom stereocenters. The fraction of sp³-hybridized carbons (Fsp3) is 0.571. The minimum absolute atomic E-state index is 0.539. The minimum Gasteiger partial charge on any atom is -0.0998 e. The van der Waals surface area contributed by atoms with E-state index in [2.05, 4.69) is 60.8 Å². The number of rotatable bonds is 6. The summed E-state index contributed by atoms with van der Waals surface area (Å²) < 4.78 is 0. The standard InChI is InChI=1S/C28H39Cl/c1-9-23-21(7)27(29)22(8)25(24(23)10-2)14-12-18(4)20(6)26-16-28(26)15-17(3)11-13-19(28)5/h9,12,19-20,26H,1,3,10-11,13-16H2,2,4-8H3/b18-12+/t19-,20?,26+,28?/m1/s1. The lowest BCUT2D eigenvalue weighted by Crippen LogP contribution is -2.23. The van der Waals surface area contributed by atoms with Crippen molar-refractivity contribution in [3.63, 3.8) is 0 Å². The van der Waals surface area contributed by atoms with Gasteiger partial charge in [-0.15, -0.1) is 0 Å². The second kappa shape index (κ2) is 8.46. The molecule has 3 rings (SSSR count). The summed E-state index contributed by atoms with van der Waals surface area (Å²) in [6.07, 6.45) is 11.6. The van der Waals surface area contributed by atoms with Crippen LogP contribution in [0.4, 0.5) is 0 Å². The molecule has 0 radical (unpaired) electrons. The van der Waals surface area contributed by atoms with Gasteiger partial charge in [0, 0.05) is 5.02 Å². The molecule has 0 amide bonds. The Bertz CT molecular complexity index is 856. The third kappa shape index (κ3) is 3.90. The lowest BCUT2D eigenvalue weighted by atomic mass is 9.72. The SMILES string of the molecule is C=Cc1c(C)c(Cl)c(C)c(C/C=C(\C)C(C)[C@@H]2CC23CC(=C)CC[C@H]3C)c1CC. The Morgan fingerprint density at radius 3 is 2.59 bits per heavy atom. The highest BCUT2D eigenvalue weighted by Crippen LogP contribution is 2.68. The predicted octanol–water partition coefficient (Wildman–Crippen LogP) is 8.67. The molecule has 0 saturated heterocycles. The molecular weight excluding hydrogens is 372 g/mol. The lowest BCUT2D eigenvalue weighted by molar-refractivity contribution is 0.233. The molecule has 1 heteroatoms. The number of hydrogen-bond acceptors (Lipinski definition) is 0. The van der Waals surface area contributed by atoms with E-state index < -0.39 is 0 Å². The van der Waals surface area contributed by atoms with Gasteiger partial charge in [0.05, 0.1) is 0 Å². The van der Waals surface area contributed by atoms with Gasteiger partial charge in [-0.2, -0.15) is 0 Å². The van der Waals surface area contributed by atoms with Gasteiger partial charge in [-0.1, -0.05) is 68.8 Å². The van der Waals surface area contributed by atoms with Crippen molar-refractivity contribution in [2.24, 2.45) is 23.2 Å². The summed E-state index contributed by atoms with van der Waals surface area (Å²) in [6, 6.07) is 0. The molecule has 1 aromatic rings. The quantitative estimate of drug-likeness (QED) is 0.411. The van der Waals surface area contributed by atoms with E-state index >= 15 is 0 Å². The van der Waals surface area contributed by atoms with Gasteiger partial charge in [0.2, 0.25) is 0 Å². The second-order valence-corrected chi connectivity index (χ2v) is 10.2. The van der Waals surface area contributed by atoms with E-state index in [0.29, 0.717) is 11.3 Å². The fourth-order valence-electron chi connectivity index (χ4n) is 6.10. The zero-order chi connectivity index (χ0) is 21.5. The summed E-state index contributed by atoms with van der Waals surface area (Å²) in [7, 11) is 0. The van der Waals surface area contributed by atoms with Crippen LogP contribution in [0.5, 0.6) is 0 Å². The first kappa shape index (κ1) is 22.4. The van der Waals surface area contributed by atoms with Crippen molar-refractivity contribution in [2.45, 2.75) is 80.1 Å². The molecule has 158 valence electrons. The lowest BCUT2D eigenvalue weighted by Gasteiger charge is -2.33. The highest BCUT2D eigenvalue weighted by atomic mass is 35.5.